The van der Waals surface area contributed by atoms with Crippen LogP contribution < -0.4 is 0 Å². The molecule has 13 heteroatoms. The summed E-state index contributed by atoms with van der Waals surface area (Å²) < 4.78 is 58.7. The molecular weight excluding hydrogens is 524 g/mol. The van der Waals surface area contributed by atoms with Gasteiger partial charge in [0.25, 0.3) is 0 Å². The fourth-order valence-corrected chi connectivity index (χ4v) is 5.04. The standard InChI is InChI=1S/C23H21ClF4N4O3S/c1-13-9-19(23(26,27)28)30-32(13)10-20(33)31-7-5-14(6-8-31)21-29-18(12-36-21)22(34)35-11-15-16(24)3-2-4-17(15)25/h2-4,9,12,14H,5-8,10-11H2,1H3. The Labute approximate surface area is 212 Å². The second-order valence-electron chi connectivity index (χ2n) is 8.33. The molecule has 3 heterocycles. The summed E-state index contributed by atoms with van der Waals surface area (Å²) in [4.78, 5) is 30.9. The number of hydrogen-bond acceptors (Lipinski definition) is 6. The number of esters is 1. The van der Waals surface area contributed by atoms with Crippen molar-refractivity contribution in [3.8, 4) is 0 Å². The first-order chi connectivity index (χ1) is 17.0. The molecule has 1 aliphatic heterocycles. The number of rotatable bonds is 6. The lowest BCUT2D eigenvalue weighted by molar-refractivity contribution is -0.142. The third-order valence-electron chi connectivity index (χ3n) is 5.89. The molecule has 0 N–H and O–H groups in total. The van der Waals surface area contributed by atoms with E-state index in [4.69, 9.17) is 16.3 Å². The highest BCUT2D eigenvalue weighted by Gasteiger charge is 2.35. The number of likely N-dealkylation sites (tertiary alicyclic amines) is 1. The molecule has 3 aromatic rings. The van der Waals surface area contributed by atoms with Crippen molar-refractivity contribution in [2.45, 2.75) is 45.0 Å². The average molecular weight is 545 g/mol. The third-order valence-corrected chi connectivity index (χ3v) is 7.26. The lowest BCUT2D eigenvalue weighted by Gasteiger charge is -2.31. The van der Waals surface area contributed by atoms with Crippen molar-refractivity contribution >= 4 is 34.8 Å². The number of aromatic nitrogens is 3. The smallest absolute Gasteiger partial charge is 0.435 e. The highest BCUT2D eigenvalue weighted by atomic mass is 35.5. The van der Waals surface area contributed by atoms with Crippen LogP contribution in [0.5, 0.6) is 0 Å². The minimum Gasteiger partial charge on any atom is -0.456 e. The van der Waals surface area contributed by atoms with Gasteiger partial charge in [0.2, 0.25) is 5.91 Å². The van der Waals surface area contributed by atoms with Gasteiger partial charge in [0.15, 0.2) is 11.4 Å². The highest BCUT2D eigenvalue weighted by Crippen LogP contribution is 2.31. The Morgan fingerprint density at radius 2 is 1.97 bits per heavy atom. The molecule has 4 rings (SSSR count). The van der Waals surface area contributed by atoms with Gasteiger partial charge in [-0.05, 0) is 38.0 Å². The second kappa shape index (κ2) is 10.6. The fourth-order valence-electron chi connectivity index (χ4n) is 3.86. The van der Waals surface area contributed by atoms with E-state index < -0.39 is 23.7 Å². The van der Waals surface area contributed by atoms with Crippen LogP contribution in [-0.2, 0) is 28.9 Å². The zero-order chi connectivity index (χ0) is 26.0. The Hall–Kier alpha value is -2.99. The molecule has 7 nitrogen and oxygen atoms in total. The Kier molecular flexibility index (Phi) is 7.65. The van der Waals surface area contributed by atoms with Gasteiger partial charge < -0.3 is 9.64 Å². The molecule has 0 aliphatic carbocycles. The number of benzene rings is 1. The molecule has 1 aliphatic rings. The summed E-state index contributed by atoms with van der Waals surface area (Å²) in [6, 6.07) is 5.09. The van der Waals surface area contributed by atoms with E-state index in [2.05, 4.69) is 10.1 Å². The van der Waals surface area contributed by atoms with Gasteiger partial charge in [-0.3, -0.25) is 9.48 Å². The molecule has 0 unspecified atom stereocenters. The lowest BCUT2D eigenvalue weighted by atomic mass is 9.97. The number of carbonyl (C=O) groups excluding carboxylic acids is 2. The van der Waals surface area contributed by atoms with Crippen LogP contribution in [0.4, 0.5) is 17.6 Å². The van der Waals surface area contributed by atoms with E-state index in [0.717, 1.165) is 15.8 Å². The number of thiazole rings is 1. The van der Waals surface area contributed by atoms with Crippen LogP contribution in [0.1, 0.15) is 51.2 Å². The number of nitrogens with zero attached hydrogens (tertiary/aromatic N) is 4. The third kappa shape index (κ3) is 5.86. The molecule has 0 atom stereocenters. The molecule has 0 radical (unpaired) electrons. The van der Waals surface area contributed by atoms with E-state index in [-0.39, 0.29) is 47.0 Å². The van der Waals surface area contributed by atoms with Crippen LogP contribution in [0.2, 0.25) is 5.02 Å². The number of hydrogen-bond donors (Lipinski definition) is 0. The zero-order valence-electron chi connectivity index (χ0n) is 19.0. The first kappa shape index (κ1) is 26.1. The Morgan fingerprint density at radius 1 is 1.25 bits per heavy atom. The average Bonchev–Trinajstić information content (AvgIpc) is 3.46. The molecule has 1 amide bonds. The fraction of sp³-hybridized carbons (Fsp3) is 0.391. The van der Waals surface area contributed by atoms with Crippen molar-refractivity contribution in [2.75, 3.05) is 13.1 Å². The summed E-state index contributed by atoms with van der Waals surface area (Å²) in [6.07, 6.45) is -3.39. The van der Waals surface area contributed by atoms with Gasteiger partial charge in [0, 0.05) is 35.6 Å². The zero-order valence-corrected chi connectivity index (χ0v) is 20.6. The number of piperidine rings is 1. The maximum absolute atomic E-state index is 13.9. The van der Waals surface area contributed by atoms with E-state index in [1.165, 1.54) is 36.5 Å². The SMILES string of the molecule is Cc1cc(C(F)(F)F)nn1CC(=O)N1CCC(c2nc(C(=O)OCc3c(F)cccc3Cl)cs2)CC1. The first-order valence-corrected chi connectivity index (χ1v) is 12.2. The summed E-state index contributed by atoms with van der Waals surface area (Å²) in [7, 11) is 0. The largest absolute Gasteiger partial charge is 0.456 e. The summed E-state index contributed by atoms with van der Waals surface area (Å²) in [5.74, 6) is -1.56. The quantitative estimate of drug-likeness (QED) is 0.314. The van der Waals surface area contributed by atoms with Gasteiger partial charge in [-0.1, -0.05) is 17.7 Å². The second-order valence-corrected chi connectivity index (χ2v) is 9.63. The van der Waals surface area contributed by atoms with Crippen LogP contribution in [0, 0.1) is 12.7 Å². The number of halogens is 5. The van der Waals surface area contributed by atoms with Crippen molar-refractivity contribution in [3.63, 3.8) is 0 Å². The summed E-state index contributed by atoms with van der Waals surface area (Å²) in [5, 5.41) is 5.95. The summed E-state index contributed by atoms with van der Waals surface area (Å²) >= 11 is 7.24. The van der Waals surface area contributed by atoms with Gasteiger partial charge in [-0.15, -0.1) is 11.3 Å². The molecule has 0 saturated carbocycles. The van der Waals surface area contributed by atoms with E-state index in [9.17, 15) is 27.2 Å². The predicted octanol–water partition coefficient (Wildman–Crippen LogP) is 5.22. The van der Waals surface area contributed by atoms with Gasteiger partial charge in [0.1, 0.15) is 19.0 Å². The molecule has 0 bridgehead atoms. The lowest BCUT2D eigenvalue weighted by Crippen LogP contribution is -2.40. The normalized spacial score (nSPS) is 14.8. The van der Waals surface area contributed by atoms with Crippen LogP contribution in [0.25, 0.3) is 0 Å². The molecule has 1 saturated heterocycles. The van der Waals surface area contributed by atoms with Crippen LogP contribution in [0.3, 0.4) is 0 Å². The number of alkyl halides is 3. The Bertz CT molecular complexity index is 1250. The number of ether oxygens (including phenoxy) is 1. The summed E-state index contributed by atoms with van der Waals surface area (Å²) in [6.45, 7) is 1.68. The molecular formula is C23H21ClF4N4O3S. The Morgan fingerprint density at radius 3 is 2.61 bits per heavy atom. The van der Waals surface area contributed by atoms with E-state index in [0.29, 0.717) is 25.9 Å². The topological polar surface area (TPSA) is 77.3 Å². The van der Waals surface area contributed by atoms with Crippen molar-refractivity contribution < 1.29 is 31.9 Å². The predicted molar refractivity (Wildman–Crippen MR) is 123 cm³/mol. The van der Waals surface area contributed by atoms with Gasteiger partial charge in [-0.25, -0.2) is 14.2 Å². The van der Waals surface area contributed by atoms with Crippen LogP contribution in [0.15, 0.2) is 29.6 Å². The van der Waals surface area contributed by atoms with Crippen molar-refractivity contribution in [2.24, 2.45) is 0 Å². The van der Waals surface area contributed by atoms with Crippen LogP contribution in [-0.4, -0.2) is 44.6 Å². The highest BCUT2D eigenvalue weighted by molar-refractivity contribution is 7.09. The maximum atomic E-state index is 13.9. The van der Waals surface area contributed by atoms with Crippen molar-refractivity contribution in [3.05, 3.63) is 68.1 Å². The molecule has 192 valence electrons. The monoisotopic (exact) mass is 544 g/mol. The van der Waals surface area contributed by atoms with E-state index in [1.807, 2.05) is 0 Å². The summed E-state index contributed by atoms with van der Waals surface area (Å²) in [5.41, 5.74) is -0.581. The molecule has 2 aromatic heterocycles. The Balaban J connectivity index is 1.30. The molecule has 1 fully saturated rings. The number of amides is 1. The minimum absolute atomic E-state index is 0.0184. The van der Waals surface area contributed by atoms with Crippen molar-refractivity contribution in [1.29, 1.82) is 0 Å². The first-order valence-electron chi connectivity index (χ1n) is 11.0. The van der Waals surface area contributed by atoms with Crippen LogP contribution >= 0.6 is 22.9 Å². The van der Waals surface area contributed by atoms with E-state index >= 15 is 0 Å². The van der Waals surface area contributed by atoms with Crippen molar-refractivity contribution in [1.82, 2.24) is 19.7 Å². The minimum atomic E-state index is -4.57. The maximum Gasteiger partial charge on any atom is 0.435 e. The van der Waals surface area contributed by atoms with Gasteiger partial charge >= 0.3 is 12.1 Å². The molecule has 0 spiro atoms. The number of aryl methyl sites for hydroxylation is 1. The van der Waals surface area contributed by atoms with Gasteiger partial charge in [-0.2, -0.15) is 18.3 Å². The molecule has 1 aromatic carbocycles. The molecule has 36 heavy (non-hydrogen) atoms. The van der Waals surface area contributed by atoms with Gasteiger partial charge in [0.05, 0.1) is 10.0 Å². The number of carbonyl (C=O) groups is 2. The van der Waals surface area contributed by atoms with E-state index in [1.54, 1.807) is 10.3 Å².